The molecule has 0 radical (unpaired) electrons. The largest absolute Gasteiger partial charge is 0.355 e. The Kier molecular flexibility index (Phi) is 5.36. The number of carbonyl (C=O) groups is 1. The molecular formula is C21H22ClN3O3S. The average molecular weight is 432 g/mol. The van der Waals surface area contributed by atoms with Crippen LogP contribution in [-0.2, 0) is 21.4 Å². The molecule has 2 aromatic carbocycles. The van der Waals surface area contributed by atoms with Crippen LogP contribution in [0, 0.1) is 5.92 Å². The number of piperidine rings is 1. The zero-order valence-corrected chi connectivity index (χ0v) is 17.7. The van der Waals surface area contributed by atoms with E-state index in [0.717, 1.165) is 5.56 Å². The van der Waals surface area contributed by atoms with Crippen LogP contribution in [0.1, 0.15) is 24.0 Å². The second-order valence-electron chi connectivity index (χ2n) is 7.43. The van der Waals surface area contributed by atoms with E-state index in [4.69, 9.17) is 11.6 Å². The molecule has 0 aromatic heterocycles. The molecule has 6 nitrogen and oxygen atoms in total. The highest BCUT2D eigenvalue weighted by atomic mass is 35.5. The summed E-state index contributed by atoms with van der Waals surface area (Å²) in [5.41, 5.74) is 1.57. The highest BCUT2D eigenvalue weighted by Crippen LogP contribution is 2.30. The first kappa shape index (κ1) is 19.9. The fourth-order valence-corrected chi connectivity index (χ4v) is 5.35. The predicted molar refractivity (Wildman–Crippen MR) is 112 cm³/mol. The van der Waals surface area contributed by atoms with Crippen LogP contribution in [0.2, 0.25) is 5.02 Å². The molecule has 0 N–H and O–H groups in total. The van der Waals surface area contributed by atoms with Crippen LogP contribution in [0.5, 0.6) is 0 Å². The quantitative estimate of drug-likeness (QED) is 0.748. The minimum absolute atomic E-state index is 0.0888. The molecule has 2 aromatic rings. The van der Waals surface area contributed by atoms with Gasteiger partial charge in [-0.25, -0.2) is 0 Å². The topological polar surface area (TPSA) is 70.1 Å². The number of rotatable bonds is 3. The van der Waals surface area contributed by atoms with Crippen molar-refractivity contribution >= 4 is 33.4 Å². The van der Waals surface area contributed by atoms with Crippen LogP contribution < -0.4 is 0 Å². The summed E-state index contributed by atoms with van der Waals surface area (Å²) in [6.45, 7) is 1.66. The van der Waals surface area contributed by atoms with Gasteiger partial charge >= 0.3 is 0 Å². The standard InChI is InChI=1S/C21H22ClN3O3S/c1-24(14-16-6-2-4-8-18(16)22)21(26)15-10-12-25(13-11-15)20-17-7-3-5-9-19(17)29(27,28)23-20/h2-9,15H,10-14H2,1H3. The molecule has 0 bridgehead atoms. The third-order valence-electron chi connectivity index (χ3n) is 5.50. The lowest BCUT2D eigenvalue weighted by Crippen LogP contribution is -2.43. The highest BCUT2D eigenvalue weighted by molar-refractivity contribution is 7.90. The van der Waals surface area contributed by atoms with E-state index in [1.54, 1.807) is 30.1 Å². The van der Waals surface area contributed by atoms with Gasteiger partial charge in [0.05, 0.1) is 0 Å². The second kappa shape index (κ2) is 7.80. The Morgan fingerprint density at radius 2 is 1.79 bits per heavy atom. The first-order valence-electron chi connectivity index (χ1n) is 9.54. The highest BCUT2D eigenvalue weighted by Gasteiger charge is 2.35. The van der Waals surface area contributed by atoms with Crippen molar-refractivity contribution in [3.8, 4) is 0 Å². The van der Waals surface area contributed by atoms with Gasteiger partial charge in [0.25, 0.3) is 10.0 Å². The van der Waals surface area contributed by atoms with Crippen molar-refractivity contribution in [1.29, 1.82) is 0 Å². The third kappa shape index (κ3) is 3.89. The molecule has 152 valence electrons. The molecule has 2 aliphatic rings. The second-order valence-corrected chi connectivity index (χ2v) is 9.41. The number of fused-ring (bicyclic) bond motifs is 1. The van der Waals surface area contributed by atoms with Crippen molar-refractivity contribution in [2.45, 2.75) is 24.3 Å². The smallest absolute Gasteiger partial charge is 0.285 e. The number of nitrogens with zero attached hydrogens (tertiary/aromatic N) is 3. The van der Waals surface area contributed by atoms with Gasteiger partial charge in [-0.15, -0.1) is 4.40 Å². The SMILES string of the molecule is CN(Cc1ccccc1Cl)C(=O)C1CCN(C2=NS(=O)(=O)c3ccccc32)CC1. The average Bonchev–Trinajstić information content (AvgIpc) is 3.00. The van der Waals surface area contributed by atoms with Crippen molar-refractivity contribution in [2.24, 2.45) is 10.3 Å². The number of halogens is 1. The van der Waals surface area contributed by atoms with Gasteiger partial charge in [-0.1, -0.05) is 41.9 Å². The molecule has 1 amide bonds. The van der Waals surface area contributed by atoms with E-state index in [2.05, 4.69) is 4.40 Å². The number of amides is 1. The summed E-state index contributed by atoms with van der Waals surface area (Å²) >= 11 is 6.21. The van der Waals surface area contributed by atoms with Gasteiger partial charge in [0, 0.05) is 43.2 Å². The predicted octanol–water partition coefficient (Wildman–Crippen LogP) is 3.16. The first-order chi connectivity index (χ1) is 13.9. The molecular weight excluding hydrogens is 410 g/mol. The van der Waals surface area contributed by atoms with Crippen LogP contribution in [0.3, 0.4) is 0 Å². The molecule has 2 aliphatic heterocycles. The van der Waals surface area contributed by atoms with Crippen molar-refractivity contribution in [1.82, 2.24) is 9.80 Å². The summed E-state index contributed by atoms with van der Waals surface area (Å²) in [4.78, 5) is 16.8. The van der Waals surface area contributed by atoms with E-state index < -0.39 is 10.0 Å². The molecule has 1 fully saturated rings. The van der Waals surface area contributed by atoms with Crippen LogP contribution in [0.4, 0.5) is 0 Å². The molecule has 0 aliphatic carbocycles. The lowest BCUT2D eigenvalue weighted by molar-refractivity contribution is -0.136. The molecule has 2 heterocycles. The number of carbonyl (C=O) groups excluding carboxylic acids is 1. The van der Waals surface area contributed by atoms with E-state index in [0.29, 0.717) is 48.9 Å². The fraction of sp³-hybridized carbons (Fsp3) is 0.333. The summed E-state index contributed by atoms with van der Waals surface area (Å²) in [6.07, 6.45) is 1.32. The Bertz CT molecular complexity index is 1080. The van der Waals surface area contributed by atoms with E-state index in [-0.39, 0.29) is 16.7 Å². The Morgan fingerprint density at radius 3 is 2.52 bits per heavy atom. The maximum absolute atomic E-state index is 12.9. The van der Waals surface area contributed by atoms with Crippen LogP contribution >= 0.6 is 11.6 Å². The Labute approximate surface area is 175 Å². The van der Waals surface area contributed by atoms with Gasteiger partial charge in [-0.3, -0.25) is 4.79 Å². The zero-order chi connectivity index (χ0) is 20.6. The summed E-state index contributed by atoms with van der Waals surface area (Å²) in [5, 5.41) is 0.654. The monoisotopic (exact) mass is 431 g/mol. The van der Waals surface area contributed by atoms with E-state index in [1.165, 1.54) is 0 Å². The molecule has 4 rings (SSSR count). The van der Waals surface area contributed by atoms with Gasteiger partial charge < -0.3 is 9.80 Å². The number of likely N-dealkylation sites (tertiary alicyclic amines) is 1. The fourth-order valence-electron chi connectivity index (χ4n) is 3.93. The molecule has 29 heavy (non-hydrogen) atoms. The van der Waals surface area contributed by atoms with Crippen molar-refractivity contribution in [2.75, 3.05) is 20.1 Å². The molecule has 0 saturated carbocycles. The molecule has 0 spiro atoms. The summed E-state index contributed by atoms with van der Waals surface area (Å²) < 4.78 is 28.6. The Balaban J connectivity index is 1.41. The maximum Gasteiger partial charge on any atom is 0.285 e. The maximum atomic E-state index is 12.9. The van der Waals surface area contributed by atoms with Crippen molar-refractivity contribution < 1.29 is 13.2 Å². The first-order valence-corrected chi connectivity index (χ1v) is 11.4. The number of sulfonamides is 1. The van der Waals surface area contributed by atoms with Gasteiger partial charge in [0.15, 0.2) is 5.84 Å². The minimum Gasteiger partial charge on any atom is -0.355 e. The summed E-state index contributed by atoms with van der Waals surface area (Å²) in [7, 11) is -1.83. The van der Waals surface area contributed by atoms with Gasteiger partial charge in [0.1, 0.15) is 4.90 Å². The van der Waals surface area contributed by atoms with Gasteiger partial charge in [-0.05, 0) is 36.6 Å². The van der Waals surface area contributed by atoms with Crippen molar-refractivity contribution in [3.05, 3.63) is 64.7 Å². The normalized spacial score (nSPS) is 18.3. The summed E-state index contributed by atoms with van der Waals surface area (Å²) in [6, 6.07) is 14.4. The Hall–Kier alpha value is -2.38. The summed E-state index contributed by atoms with van der Waals surface area (Å²) in [5.74, 6) is 0.495. The molecule has 0 unspecified atom stereocenters. The van der Waals surface area contributed by atoms with Crippen molar-refractivity contribution in [3.63, 3.8) is 0 Å². The lowest BCUT2D eigenvalue weighted by atomic mass is 9.94. The number of benzene rings is 2. The number of amidine groups is 1. The van der Waals surface area contributed by atoms with Crippen LogP contribution in [0.25, 0.3) is 0 Å². The van der Waals surface area contributed by atoms with E-state index in [1.807, 2.05) is 35.2 Å². The molecule has 0 atom stereocenters. The molecule has 8 heteroatoms. The molecule has 1 saturated heterocycles. The number of hydrogen-bond donors (Lipinski definition) is 0. The minimum atomic E-state index is -3.63. The Morgan fingerprint density at radius 1 is 1.14 bits per heavy atom. The van der Waals surface area contributed by atoms with Crippen LogP contribution in [-0.4, -0.2) is 50.1 Å². The lowest BCUT2D eigenvalue weighted by Gasteiger charge is -2.34. The van der Waals surface area contributed by atoms with E-state index in [9.17, 15) is 13.2 Å². The number of hydrogen-bond acceptors (Lipinski definition) is 4. The van der Waals surface area contributed by atoms with E-state index >= 15 is 0 Å². The zero-order valence-electron chi connectivity index (χ0n) is 16.1. The van der Waals surface area contributed by atoms with Gasteiger partial charge in [0.2, 0.25) is 5.91 Å². The van der Waals surface area contributed by atoms with Gasteiger partial charge in [-0.2, -0.15) is 8.42 Å². The van der Waals surface area contributed by atoms with Crippen LogP contribution in [0.15, 0.2) is 57.8 Å². The third-order valence-corrected chi connectivity index (χ3v) is 7.19.